The molecule has 17 heavy (non-hydrogen) atoms. The number of unbranched alkanes of at least 4 members (excludes halogenated alkanes) is 5. The van der Waals surface area contributed by atoms with Crippen LogP contribution < -0.4 is 0 Å². The van der Waals surface area contributed by atoms with Crippen LogP contribution in [0.15, 0.2) is 0 Å². The molecule has 0 bridgehead atoms. The molecule has 0 heterocycles. The van der Waals surface area contributed by atoms with Crippen LogP contribution in [0.2, 0.25) is 19.1 Å². The third-order valence-electron chi connectivity index (χ3n) is 3.16. The molecule has 0 aromatic carbocycles. The molecule has 0 aromatic rings. The van der Waals surface area contributed by atoms with Crippen molar-refractivity contribution in [3.8, 4) is 0 Å². The lowest BCUT2D eigenvalue weighted by atomic mass is 10.1. The number of likely N-dealkylation sites (N-methyl/N-ethyl adjacent to an activating group) is 1. The molecule has 3 heteroatoms. The molecule has 0 amide bonds. The zero-order valence-corrected chi connectivity index (χ0v) is 13.7. The molecule has 2 nitrogen and oxygen atoms in total. The fraction of sp³-hybridized carbons (Fsp3) is 1.00. The second kappa shape index (κ2) is 10.1. The lowest BCUT2D eigenvalue weighted by molar-refractivity contribution is 0.253. The van der Waals surface area contributed by atoms with Crippen LogP contribution in [0, 0.1) is 0 Å². The Morgan fingerprint density at radius 2 is 1.53 bits per heavy atom. The van der Waals surface area contributed by atoms with Crippen molar-refractivity contribution in [3.63, 3.8) is 0 Å². The predicted octanol–water partition coefficient (Wildman–Crippen LogP) is 4.13. The molecule has 0 fully saturated rings. The summed E-state index contributed by atoms with van der Waals surface area (Å²) in [7, 11) is 2.84. The first kappa shape index (κ1) is 17.1. The lowest BCUT2D eigenvalue weighted by Gasteiger charge is -2.24. The molecular weight excluding hydrogens is 226 g/mol. The van der Waals surface area contributed by atoms with E-state index in [0.717, 1.165) is 13.2 Å². The largest absolute Gasteiger partial charge is 0.416 e. The van der Waals surface area contributed by atoms with Gasteiger partial charge in [-0.2, -0.15) is 0 Å². The number of rotatable bonds is 11. The topological polar surface area (TPSA) is 12.5 Å². The predicted molar refractivity (Wildman–Crippen MR) is 80.2 cm³/mol. The highest BCUT2D eigenvalue weighted by atomic mass is 28.4. The molecule has 0 aliphatic carbocycles. The van der Waals surface area contributed by atoms with Gasteiger partial charge in [0.1, 0.15) is 0 Å². The summed E-state index contributed by atoms with van der Waals surface area (Å²) in [4.78, 5) is 2.19. The molecule has 0 radical (unpaired) electrons. The van der Waals surface area contributed by atoms with Crippen LogP contribution in [0.1, 0.15) is 45.4 Å². The number of hydrogen-bond donors (Lipinski definition) is 0. The van der Waals surface area contributed by atoms with Crippen LogP contribution in [-0.4, -0.2) is 40.5 Å². The normalized spacial score (nSPS) is 12.4. The summed E-state index contributed by atoms with van der Waals surface area (Å²) in [6.45, 7) is 8.94. The first-order valence-electron chi connectivity index (χ1n) is 7.26. The van der Waals surface area contributed by atoms with E-state index < -0.39 is 8.32 Å². The molecule has 0 aliphatic rings. The third-order valence-corrected chi connectivity index (χ3v) is 5.71. The van der Waals surface area contributed by atoms with Gasteiger partial charge in [-0.25, -0.2) is 0 Å². The van der Waals surface area contributed by atoms with Gasteiger partial charge in [-0.1, -0.05) is 45.4 Å². The van der Waals surface area contributed by atoms with E-state index in [9.17, 15) is 0 Å². The molecular formula is C14H33NOSi. The summed E-state index contributed by atoms with van der Waals surface area (Å²) in [5.41, 5.74) is 0. The highest BCUT2D eigenvalue weighted by Crippen LogP contribution is 2.17. The summed E-state index contributed by atoms with van der Waals surface area (Å²) in [5, 5.41) is 0. The maximum absolute atomic E-state index is 6.07. The third kappa shape index (κ3) is 12.4. The van der Waals surface area contributed by atoms with Gasteiger partial charge in [-0.3, -0.25) is 0 Å². The maximum atomic E-state index is 6.07. The Hall–Kier alpha value is 0.137. The Kier molecular flexibility index (Phi) is 10.2. The molecule has 104 valence electrons. The summed E-state index contributed by atoms with van der Waals surface area (Å²) in [6, 6.07) is 1.33. The van der Waals surface area contributed by atoms with Crippen LogP contribution in [0.3, 0.4) is 0 Å². The van der Waals surface area contributed by atoms with Gasteiger partial charge in [-0.15, -0.1) is 0 Å². The molecule has 0 aromatic heterocycles. The Morgan fingerprint density at radius 1 is 0.941 bits per heavy atom. The molecule has 0 atom stereocenters. The standard InChI is InChI=1S/C14H33NOSi/c1-6-7-8-9-10-11-14-17(4,5)16-13-12-15(2)3/h6-14H2,1-5H3. The Morgan fingerprint density at radius 3 is 2.12 bits per heavy atom. The van der Waals surface area contributed by atoms with Gasteiger partial charge in [0.2, 0.25) is 0 Å². The highest BCUT2D eigenvalue weighted by molar-refractivity contribution is 6.71. The first-order chi connectivity index (χ1) is 7.98. The maximum Gasteiger partial charge on any atom is 0.186 e. The van der Waals surface area contributed by atoms with Crippen molar-refractivity contribution in [2.75, 3.05) is 27.2 Å². The summed E-state index contributed by atoms with van der Waals surface area (Å²) >= 11 is 0. The smallest absolute Gasteiger partial charge is 0.186 e. The summed E-state index contributed by atoms with van der Waals surface area (Å²) in [6.07, 6.45) is 8.34. The second-order valence-corrected chi connectivity index (χ2v) is 10.2. The quantitative estimate of drug-likeness (QED) is 0.408. The van der Waals surface area contributed by atoms with E-state index in [1.807, 2.05) is 0 Å². The Balaban J connectivity index is 3.43. The van der Waals surface area contributed by atoms with Crippen molar-refractivity contribution in [2.45, 2.75) is 64.6 Å². The van der Waals surface area contributed by atoms with Gasteiger partial charge in [0.05, 0.1) is 0 Å². The minimum atomic E-state index is -1.37. The molecule has 0 unspecified atom stereocenters. The van der Waals surface area contributed by atoms with Crippen LogP contribution in [0.4, 0.5) is 0 Å². The average molecular weight is 260 g/mol. The van der Waals surface area contributed by atoms with Gasteiger partial charge in [-0.05, 0) is 33.2 Å². The van der Waals surface area contributed by atoms with E-state index in [2.05, 4.69) is 39.0 Å². The minimum absolute atomic E-state index is 0.905. The van der Waals surface area contributed by atoms with Crippen molar-refractivity contribution in [3.05, 3.63) is 0 Å². The summed E-state index contributed by atoms with van der Waals surface area (Å²) < 4.78 is 6.07. The molecule has 0 spiro atoms. The fourth-order valence-corrected chi connectivity index (χ4v) is 3.80. The highest BCUT2D eigenvalue weighted by Gasteiger charge is 2.21. The van der Waals surface area contributed by atoms with Crippen molar-refractivity contribution < 1.29 is 4.43 Å². The first-order valence-corrected chi connectivity index (χ1v) is 10.4. The summed E-state index contributed by atoms with van der Waals surface area (Å²) in [5.74, 6) is 0. The molecule has 0 saturated carbocycles. The van der Waals surface area contributed by atoms with Gasteiger partial charge in [0.15, 0.2) is 8.32 Å². The van der Waals surface area contributed by atoms with Gasteiger partial charge in [0, 0.05) is 13.2 Å². The van der Waals surface area contributed by atoms with Crippen LogP contribution in [-0.2, 0) is 4.43 Å². The van der Waals surface area contributed by atoms with Crippen LogP contribution in [0.25, 0.3) is 0 Å². The zero-order valence-electron chi connectivity index (χ0n) is 12.7. The van der Waals surface area contributed by atoms with E-state index >= 15 is 0 Å². The Bertz CT molecular complexity index is 172. The van der Waals surface area contributed by atoms with E-state index in [1.54, 1.807) is 0 Å². The minimum Gasteiger partial charge on any atom is -0.416 e. The molecule has 0 rings (SSSR count). The van der Waals surface area contributed by atoms with Gasteiger partial charge >= 0.3 is 0 Å². The molecule has 0 saturated heterocycles. The van der Waals surface area contributed by atoms with E-state index in [-0.39, 0.29) is 0 Å². The molecule has 0 aliphatic heterocycles. The van der Waals surface area contributed by atoms with E-state index in [1.165, 1.54) is 44.6 Å². The lowest BCUT2D eigenvalue weighted by Crippen LogP contribution is -2.33. The SMILES string of the molecule is CCCCCCCC[Si](C)(C)OCCN(C)C. The Labute approximate surface area is 110 Å². The molecule has 0 N–H and O–H groups in total. The average Bonchev–Trinajstić information content (AvgIpc) is 2.22. The monoisotopic (exact) mass is 259 g/mol. The second-order valence-electron chi connectivity index (χ2n) is 5.93. The van der Waals surface area contributed by atoms with E-state index in [4.69, 9.17) is 4.43 Å². The van der Waals surface area contributed by atoms with Crippen LogP contribution >= 0.6 is 0 Å². The van der Waals surface area contributed by atoms with Crippen molar-refractivity contribution >= 4 is 8.32 Å². The van der Waals surface area contributed by atoms with Crippen molar-refractivity contribution in [1.29, 1.82) is 0 Å². The van der Waals surface area contributed by atoms with E-state index in [0.29, 0.717) is 0 Å². The van der Waals surface area contributed by atoms with Crippen molar-refractivity contribution in [1.82, 2.24) is 4.90 Å². The number of hydrogen-bond acceptors (Lipinski definition) is 2. The van der Waals surface area contributed by atoms with Gasteiger partial charge in [0.25, 0.3) is 0 Å². The van der Waals surface area contributed by atoms with Crippen molar-refractivity contribution in [2.24, 2.45) is 0 Å². The number of nitrogens with zero attached hydrogens (tertiary/aromatic N) is 1. The van der Waals surface area contributed by atoms with Crippen LogP contribution in [0.5, 0.6) is 0 Å². The fourth-order valence-electron chi connectivity index (χ4n) is 1.91. The zero-order chi connectivity index (χ0) is 13.1. The van der Waals surface area contributed by atoms with Gasteiger partial charge < -0.3 is 9.33 Å².